The van der Waals surface area contributed by atoms with Gasteiger partial charge in [0.2, 0.25) is 0 Å². The van der Waals surface area contributed by atoms with Crippen molar-refractivity contribution >= 4 is 0 Å². The highest BCUT2D eigenvalue weighted by Gasteiger charge is 2.28. The number of piperidine rings is 1. The maximum atomic E-state index is 9.87. The number of aliphatic hydroxyl groups excluding tert-OH is 1. The number of ether oxygens (including phenoxy) is 1. The lowest BCUT2D eigenvalue weighted by Gasteiger charge is -2.39. The third-order valence-corrected chi connectivity index (χ3v) is 4.01. The molecule has 0 spiro atoms. The van der Waals surface area contributed by atoms with Crippen LogP contribution in [0.25, 0.3) is 0 Å². The number of nitrogens with zero attached hydrogens (tertiary/aromatic N) is 1. The Kier molecular flexibility index (Phi) is 5.90. The van der Waals surface area contributed by atoms with Crippen molar-refractivity contribution in [3.05, 3.63) is 0 Å². The molecule has 1 fully saturated rings. The summed E-state index contributed by atoms with van der Waals surface area (Å²) in [5.41, 5.74) is 0.524. The van der Waals surface area contributed by atoms with E-state index in [1.165, 1.54) is 19.3 Å². The smallest absolute Gasteiger partial charge is 0.0900 e. The van der Waals surface area contributed by atoms with Gasteiger partial charge in [0.05, 0.1) is 18.8 Å². The van der Waals surface area contributed by atoms with Crippen LogP contribution in [-0.2, 0) is 4.74 Å². The Morgan fingerprint density at radius 3 is 2.35 bits per heavy atom. The molecule has 1 unspecified atom stereocenters. The lowest BCUT2D eigenvalue weighted by Crippen LogP contribution is -2.43. The van der Waals surface area contributed by atoms with Crippen molar-refractivity contribution in [3.63, 3.8) is 0 Å². The molecule has 1 aliphatic rings. The molecule has 0 saturated carbocycles. The molecule has 17 heavy (non-hydrogen) atoms. The van der Waals surface area contributed by atoms with E-state index in [0.717, 1.165) is 19.6 Å². The predicted octanol–water partition coefficient (Wildman–Crippen LogP) is 2.28. The molecule has 1 atom stereocenters. The molecule has 0 amide bonds. The SMILES string of the molecule is CCC1(C)CCN(CC(O)COC(C)C)CC1. The van der Waals surface area contributed by atoms with Crippen molar-refractivity contribution in [2.24, 2.45) is 5.41 Å². The second-order valence-corrected chi connectivity index (χ2v) is 6.00. The maximum absolute atomic E-state index is 9.87. The van der Waals surface area contributed by atoms with Crippen LogP contribution in [0.5, 0.6) is 0 Å². The van der Waals surface area contributed by atoms with E-state index >= 15 is 0 Å². The van der Waals surface area contributed by atoms with E-state index in [9.17, 15) is 5.11 Å². The molecule has 0 aromatic heterocycles. The normalized spacial score (nSPS) is 22.9. The highest BCUT2D eigenvalue weighted by atomic mass is 16.5. The Morgan fingerprint density at radius 1 is 1.29 bits per heavy atom. The van der Waals surface area contributed by atoms with Crippen LogP contribution < -0.4 is 0 Å². The number of likely N-dealkylation sites (tertiary alicyclic amines) is 1. The van der Waals surface area contributed by atoms with E-state index < -0.39 is 0 Å². The van der Waals surface area contributed by atoms with Gasteiger partial charge in [0.25, 0.3) is 0 Å². The highest BCUT2D eigenvalue weighted by molar-refractivity contribution is 4.82. The molecule has 3 heteroatoms. The zero-order chi connectivity index (χ0) is 12.9. The molecular weight excluding hydrogens is 214 g/mol. The van der Waals surface area contributed by atoms with E-state index in [-0.39, 0.29) is 12.2 Å². The Hall–Kier alpha value is -0.120. The lowest BCUT2D eigenvalue weighted by molar-refractivity contribution is -0.0164. The van der Waals surface area contributed by atoms with E-state index in [4.69, 9.17) is 4.74 Å². The van der Waals surface area contributed by atoms with Gasteiger partial charge in [-0.25, -0.2) is 0 Å². The molecule has 1 N–H and O–H groups in total. The summed E-state index contributed by atoms with van der Waals surface area (Å²) >= 11 is 0. The minimum atomic E-state index is -0.344. The zero-order valence-electron chi connectivity index (χ0n) is 11.9. The molecule has 1 heterocycles. The molecule has 0 radical (unpaired) electrons. The standard InChI is InChI=1S/C14H29NO2/c1-5-14(4)6-8-15(9-7-14)10-13(16)11-17-12(2)3/h12-13,16H,5-11H2,1-4H3. The van der Waals surface area contributed by atoms with Gasteiger partial charge in [0, 0.05) is 6.54 Å². The summed E-state index contributed by atoms with van der Waals surface area (Å²) in [5, 5.41) is 9.87. The second kappa shape index (κ2) is 6.72. The lowest BCUT2D eigenvalue weighted by atomic mass is 9.78. The quantitative estimate of drug-likeness (QED) is 0.777. The minimum absolute atomic E-state index is 0.203. The fourth-order valence-corrected chi connectivity index (χ4v) is 2.28. The summed E-state index contributed by atoms with van der Waals surface area (Å²) in [6, 6.07) is 0. The van der Waals surface area contributed by atoms with E-state index in [0.29, 0.717) is 12.0 Å². The molecule has 3 nitrogen and oxygen atoms in total. The molecule has 0 bridgehead atoms. The average molecular weight is 243 g/mol. The molecular formula is C14H29NO2. The van der Waals surface area contributed by atoms with E-state index in [2.05, 4.69) is 18.7 Å². The monoisotopic (exact) mass is 243 g/mol. The first-order valence-corrected chi connectivity index (χ1v) is 6.97. The number of hydrogen-bond acceptors (Lipinski definition) is 3. The summed E-state index contributed by atoms with van der Waals surface area (Å²) in [7, 11) is 0. The van der Waals surface area contributed by atoms with Gasteiger partial charge in [-0.05, 0) is 45.2 Å². The van der Waals surface area contributed by atoms with Crippen LogP contribution in [0.2, 0.25) is 0 Å². The molecule has 0 aromatic rings. The van der Waals surface area contributed by atoms with Crippen molar-refractivity contribution in [2.75, 3.05) is 26.2 Å². The van der Waals surface area contributed by atoms with Gasteiger partial charge in [-0.1, -0.05) is 20.3 Å². The zero-order valence-corrected chi connectivity index (χ0v) is 11.9. The van der Waals surface area contributed by atoms with Crippen LogP contribution in [-0.4, -0.2) is 48.5 Å². The van der Waals surface area contributed by atoms with Gasteiger partial charge in [-0.2, -0.15) is 0 Å². The van der Waals surface area contributed by atoms with E-state index in [1.807, 2.05) is 13.8 Å². The van der Waals surface area contributed by atoms with Crippen LogP contribution in [0.3, 0.4) is 0 Å². The Morgan fingerprint density at radius 2 is 1.88 bits per heavy atom. The molecule has 0 aliphatic carbocycles. The van der Waals surface area contributed by atoms with Gasteiger partial charge < -0.3 is 14.7 Å². The first-order chi connectivity index (χ1) is 7.95. The molecule has 0 aromatic carbocycles. The molecule has 1 rings (SSSR count). The molecule has 1 aliphatic heterocycles. The van der Waals surface area contributed by atoms with Gasteiger partial charge in [0.15, 0.2) is 0 Å². The van der Waals surface area contributed by atoms with Crippen LogP contribution in [0.1, 0.15) is 47.0 Å². The van der Waals surface area contributed by atoms with Gasteiger partial charge in [-0.15, -0.1) is 0 Å². The maximum Gasteiger partial charge on any atom is 0.0900 e. The van der Waals surface area contributed by atoms with Crippen molar-refractivity contribution in [1.82, 2.24) is 4.90 Å². The highest BCUT2D eigenvalue weighted by Crippen LogP contribution is 2.33. The van der Waals surface area contributed by atoms with Crippen LogP contribution in [0.4, 0.5) is 0 Å². The topological polar surface area (TPSA) is 32.7 Å². The second-order valence-electron chi connectivity index (χ2n) is 6.00. The van der Waals surface area contributed by atoms with E-state index in [1.54, 1.807) is 0 Å². The third-order valence-electron chi connectivity index (χ3n) is 4.01. The van der Waals surface area contributed by atoms with Crippen molar-refractivity contribution in [3.8, 4) is 0 Å². The summed E-state index contributed by atoms with van der Waals surface area (Å²) in [6.07, 6.45) is 3.63. The van der Waals surface area contributed by atoms with Gasteiger partial charge in [-0.3, -0.25) is 0 Å². The average Bonchev–Trinajstić information content (AvgIpc) is 2.30. The number of aliphatic hydroxyl groups is 1. The van der Waals surface area contributed by atoms with Crippen LogP contribution in [0, 0.1) is 5.41 Å². The Labute approximate surface area is 106 Å². The van der Waals surface area contributed by atoms with Gasteiger partial charge >= 0.3 is 0 Å². The van der Waals surface area contributed by atoms with Crippen molar-refractivity contribution in [1.29, 1.82) is 0 Å². The summed E-state index contributed by atoms with van der Waals surface area (Å²) in [4.78, 5) is 2.37. The number of rotatable bonds is 6. The summed E-state index contributed by atoms with van der Waals surface area (Å²) in [5.74, 6) is 0. The molecule has 1 saturated heterocycles. The number of hydrogen-bond donors (Lipinski definition) is 1. The third kappa shape index (κ3) is 5.36. The molecule has 102 valence electrons. The fourth-order valence-electron chi connectivity index (χ4n) is 2.28. The first-order valence-electron chi connectivity index (χ1n) is 6.97. The Bertz CT molecular complexity index is 210. The van der Waals surface area contributed by atoms with Crippen LogP contribution in [0.15, 0.2) is 0 Å². The first kappa shape index (κ1) is 14.9. The minimum Gasteiger partial charge on any atom is -0.389 e. The number of β-amino-alcohol motifs (C(OH)–C–C–N with tert-alkyl or cyclic N) is 1. The largest absolute Gasteiger partial charge is 0.389 e. The summed E-state index contributed by atoms with van der Waals surface area (Å²) < 4.78 is 5.43. The van der Waals surface area contributed by atoms with Crippen molar-refractivity contribution < 1.29 is 9.84 Å². The predicted molar refractivity (Wildman–Crippen MR) is 71.2 cm³/mol. The van der Waals surface area contributed by atoms with Gasteiger partial charge in [0.1, 0.15) is 0 Å². The van der Waals surface area contributed by atoms with Crippen molar-refractivity contribution in [2.45, 2.75) is 59.2 Å². The Balaban J connectivity index is 2.21. The fraction of sp³-hybridized carbons (Fsp3) is 1.00. The van der Waals surface area contributed by atoms with Crippen LogP contribution >= 0.6 is 0 Å². The summed E-state index contributed by atoms with van der Waals surface area (Å²) in [6.45, 7) is 12.1.